The molecule has 0 radical (unpaired) electrons. The first-order valence-electron chi connectivity index (χ1n) is 7.29. The molecule has 1 aromatic carbocycles. The lowest BCUT2D eigenvalue weighted by Gasteiger charge is -2.15. The summed E-state index contributed by atoms with van der Waals surface area (Å²) in [4.78, 5) is 18.8. The van der Waals surface area contributed by atoms with Crippen LogP contribution in [0.5, 0.6) is 0 Å². The fraction of sp³-hybridized carbons (Fsp3) is 0.375. The highest BCUT2D eigenvalue weighted by molar-refractivity contribution is 5.99. The molecule has 2 aromatic rings. The number of carbonyl (C=O) groups excluding carboxylic acids is 1. The Kier molecular flexibility index (Phi) is 3.75. The minimum absolute atomic E-state index is 0.170. The maximum Gasteiger partial charge on any atom is 0.270 e. The number of amides is 1. The highest BCUT2D eigenvalue weighted by atomic mass is 16.1. The zero-order valence-corrected chi connectivity index (χ0v) is 12.2. The topological polar surface area (TPSA) is 71.2 Å². The van der Waals surface area contributed by atoms with Crippen LogP contribution >= 0.6 is 0 Å². The van der Waals surface area contributed by atoms with Gasteiger partial charge in [0.05, 0.1) is 5.52 Å². The molecule has 1 aromatic heterocycles. The third-order valence-electron chi connectivity index (χ3n) is 3.90. The largest absolute Gasteiger partial charge is 0.398 e. The summed E-state index contributed by atoms with van der Waals surface area (Å²) in [5, 5.41) is 3.78. The molecule has 1 aliphatic rings. The van der Waals surface area contributed by atoms with Crippen LogP contribution < -0.4 is 11.1 Å². The Morgan fingerprint density at radius 3 is 2.95 bits per heavy atom. The summed E-state index contributed by atoms with van der Waals surface area (Å²) in [5.74, 6) is -0.170. The monoisotopic (exact) mass is 284 g/mol. The molecule has 0 aliphatic heterocycles. The Morgan fingerprint density at radius 1 is 1.43 bits per heavy atom. The molecule has 1 heterocycles. The van der Waals surface area contributed by atoms with Crippen LogP contribution in [0.25, 0.3) is 10.9 Å². The molecular formula is C16H20N4O. The normalized spacial score (nSPS) is 14.6. The van der Waals surface area contributed by atoms with Crippen molar-refractivity contribution in [2.75, 3.05) is 25.9 Å². The fourth-order valence-corrected chi connectivity index (χ4v) is 2.45. The number of benzene rings is 1. The molecule has 0 unspecified atom stereocenters. The van der Waals surface area contributed by atoms with E-state index in [0.29, 0.717) is 24.0 Å². The fourth-order valence-electron chi connectivity index (χ4n) is 2.45. The molecule has 0 atom stereocenters. The van der Waals surface area contributed by atoms with Gasteiger partial charge in [-0.25, -0.2) is 4.98 Å². The van der Waals surface area contributed by atoms with E-state index in [4.69, 9.17) is 5.73 Å². The van der Waals surface area contributed by atoms with Crippen molar-refractivity contribution in [2.24, 2.45) is 0 Å². The van der Waals surface area contributed by atoms with Gasteiger partial charge in [0.2, 0.25) is 0 Å². The number of carbonyl (C=O) groups is 1. The van der Waals surface area contributed by atoms with Crippen molar-refractivity contribution in [3.63, 3.8) is 0 Å². The molecule has 1 saturated carbocycles. The highest BCUT2D eigenvalue weighted by Gasteiger charge is 2.25. The Morgan fingerprint density at radius 2 is 2.19 bits per heavy atom. The summed E-state index contributed by atoms with van der Waals surface area (Å²) in [6.45, 7) is 1.49. The molecule has 1 amide bonds. The molecule has 3 N–H and O–H groups in total. The predicted octanol–water partition coefficient (Wildman–Crippen LogP) is 1.64. The molecule has 0 saturated heterocycles. The zero-order valence-electron chi connectivity index (χ0n) is 12.2. The molecule has 3 rings (SSSR count). The van der Waals surface area contributed by atoms with E-state index < -0.39 is 0 Å². The lowest BCUT2D eigenvalue weighted by atomic mass is 10.1. The van der Waals surface area contributed by atoms with Crippen molar-refractivity contribution < 1.29 is 4.79 Å². The van der Waals surface area contributed by atoms with Crippen LogP contribution in [0.3, 0.4) is 0 Å². The Bertz CT molecular complexity index is 666. The second kappa shape index (κ2) is 5.69. The van der Waals surface area contributed by atoms with Crippen molar-refractivity contribution in [3.8, 4) is 0 Å². The molecule has 0 spiro atoms. The molecule has 1 aliphatic carbocycles. The van der Waals surface area contributed by atoms with Crippen LogP contribution in [0.15, 0.2) is 30.3 Å². The lowest BCUT2D eigenvalue weighted by Crippen LogP contribution is -2.34. The first kappa shape index (κ1) is 13.8. The van der Waals surface area contributed by atoms with Gasteiger partial charge < -0.3 is 16.0 Å². The summed E-state index contributed by atoms with van der Waals surface area (Å²) < 4.78 is 0. The van der Waals surface area contributed by atoms with Crippen molar-refractivity contribution >= 4 is 22.5 Å². The minimum atomic E-state index is -0.170. The average Bonchev–Trinajstić information content (AvgIpc) is 3.31. The minimum Gasteiger partial charge on any atom is -0.398 e. The van der Waals surface area contributed by atoms with Gasteiger partial charge in [-0.15, -0.1) is 0 Å². The number of anilines is 1. The number of nitrogens with one attached hydrogen (secondary N) is 1. The van der Waals surface area contributed by atoms with Gasteiger partial charge in [0.25, 0.3) is 5.91 Å². The first-order valence-corrected chi connectivity index (χ1v) is 7.29. The summed E-state index contributed by atoms with van der Waals surface area (Å²) >= 11 is 0. The van der Waals surface area contributed by atoms with Gasteiger partial charge in [0.15, 0.2) is 0 Å². The van der Waals surface area contributed by atoms with E-state index in [0.717, 1.165) is 17.4 Å². The summed E-state index contributed by atoms with van der Waals surface area (Å²) in [7, 11) is 2.09. The van der Waals surface area contributed by atoms with Gasteiger partial charge >= 0.3 is 0 Å². The van der Waals surface area contributed by atoms with Crippen molar-refractivity contribution in [1.82, 2.24) is 15.2 Å². The summed E-state index contributed by atoms with van der Waals surface area (Å²) in [6, 6.07) is 9.92. The van der Waals surface area contributed by atoms with E-state index in [1.165, 1.54) is 12.8 Å². The quantitative estimate of drug-likeness (QED) is 0.875. The van der Waals surface area contributed by atoms with E-state index in [-0.39, 0.29) is 5.91 Å². The van der Waals surface area contributed by atoms with Crippen molar-refractivity contribution in [2.45, 2.75) is 18.9 Å². The second-order valence-corrected chi connectivity index (χ2v) is 5.58. The first-order chi connectivity index (χ1) is 10.1. The van der Waals surface area contributed by atoms with Gasteiger partial charge in [-0.2, -0.15) is 0 Å². The number of pyridine rings is 1. The van der Waals surface area contributed by atoms with Crippen LogP contribution in [-0.2, 0) is 0 Å². The van der Waals surface area contributed by atoms with Crippen LogP contribution in [0.2, 0.25) is 0 Å². The molecule has 110 valence electrons. The molecule has 5 nitrogen and oxygen atoms in total. The summed E-state index contributed by atoms with van der Waals surface area (Å²) in [6.07, 6.45) is 2.54. The number of nitrogen functional groups attached to an aromatic ring is 1. The van der Waals surface area contributed by atoms with E-state index >= 15 is 0 Å². The number of likely N-dealkylation sites (N-methyl/N-ethyl adjacent to an activating group) is 1. The number of aromatic nitrogens is 1. The summed E-state index contributed by atoms with van der Waals surface area (Å²) in [5.41, 5.74) is 7.70. The number of nitrogens with two attached hydrogens (primary N) is 1. The Balaban J connectivity index is 1.66. The number of hydrogen-bond donors (Lipinski definition) is 2. The van der Waals surface area contributed by atoms with E-state index in [1.54, 1.807) is 6.07 Å². The zero-order chi connectivity index (χ0) is 14.8. The smallest absolute Gasteiger partial charge is 0.270 e. The van der Waals surface area contributed by atoms with Crippen LogP contribution in [0, 0.1) is 0 Å². The number of rotatable bonds is 5. The lowest BCUT2D eigenvalue weighted by molar-refractivity contribution is 0.0945. The maximum absolute atomic E-state index is 12.2. The highest BCUT2D eigenvalue weighted by Crippen LogP contribution is 2.24. The van der Waals surface area contributed by atoms with Crippen molar-refractivity contribution in [3.05, 3.63) is 36.0 Å². The Hall–Kier alpha value is -2.14. The second-order valence-electron chi connectivity index (χ2n) is 5.58. The number of hydrogen-bond acceptors (Lipinski definition) is 4. The number of fused-ring (bicyclic) bond motifs is 1. The van der Waals surface area contributed by atoms with Crippen molar-refractivity contribution in [1.29, 1.82) is 0 Å². The SMILES string of the molecule is CN(CCNC(=O)c1cc(N)c2ccccc2n1)C1CC1. The van der Waals surface area contributed by atoms with Gasteiger partial charge in [-0.05, 0) is 32.0 Å². The molecule has 21 heavy (non-hydrogen) atoms. The maximum atomic E-state index is 12.2. The molecule has 0 bridgehead atoms. The van der Waals surface area contributed by atoms with E-state index in [9.17, 15) is 4.79 Å². The third kappa shape index (κ3) is 3.13. The Labute approximate surface area is 124 Å². The van der Waals surface area contributed by atoms with Gasteiger partial charge in [0.1, 0.15) is 5.69 Å². The third-order valence-corrected chi connectivity index (χ3v) is 3.90. The van der Waals surface area contributed by atoms with E-state index in [2.05, 4.69) is 22.2 Å². The molecule has 1 fully saturated rings. The van der Waals surface area contributed by atoms with Crippen LogP contribution in [0.4, 0.5) is 5.69 Å². The molecule has 5 heteroatoms. The average molecular weight is 284 g/mol. The number of nitrogens with zero attached hydrogens (tertiary/aromatic N) is 2. The number of para-hydroxylation sites is 1. The molecular weight excluding hydrogens is 264 g/mol. The predicted molar refractivity (Wildman–Crippen MR) is 84.1 cm³/mol. The van der Waals surface area contributed by atoms with E-state index in [1.807, 2.05) is 24.3 Å². The van der Waals surface area contributed by atoms with Gasteiger partial charge in [0, 0.05) is 30.2 Å². The standard InChI is InChI=1S/C16H20N4O/c1-20(11-6-7-11)9-8-18-16(21)15-10-13(17)12-4-2-3-5-14(12)19-15/h2-5,10-11H,6-9H2,1H3,(H2,17,19)(H,18,21). The van der Waals surface area contributed by atoms with Gasteiger partial charge in [-0.1, -0.05) is 18.2 Å². The van der Waals surface area contributed by atoms with Crippen LogP contribution in [-0.4, -0.2) is 42.0 Å². The van der Waals surface area contributed by atoms with Gasteiger partial charge in [-0.3, -0.25) is 4.79 Å². The van der Waals surface area contributed by atoms with Crippen LogP contribution in [0.1, 0.15) is 23.3 Å².